The Bertz CT molecular complexity index is 1020. The lowest BCUT2D eigenvalue weighted by atomic mass is 9.86. The molecule has 6 heteroatoms. The zero-order valence-electron chi connectivity index (χ0n) is 18.7. The molecular weight excluding hydrogens is 360 g/mol. The number of aryl methyl sites for hydroxylation is 1. The van der Waals surface area contributed by atoms with E-state index in [0.717, 1.165) is 61.9 Å². The Balaban J connectivity index is 1.98. The highest BCUT2D eigenvalue weighted by molar-refractivity contribution is 6.07. The van der Waals surface area contributed by atoms with Crippen molar-refractivity contribution < 1.29 is 0 Å². The van der Waals surface area contributed by atoms with Gasteiger partial charge < -0.3 is 19.7 Å². The van der Waals surface area contributed by atoms with E-state index < -0.39 is 0 Å². The number of nitrogens with one attached hydrogen (secondary N) is 1. The first kappa shape index (κ1) is 20.1. The van der Waals surface area contributed by atoms with Gasteiger partial charge in [-0.25, -0.2) is 9.97 Å². The Kier molecular flexibility index (Phi) is 5.25. The molecule has 0 saturated carbocycles. The predicted molar refractivity (Wildman–Crippen MR) is 122 cm³/mol. The number of rotatable bonds is 4. The average molecular weight is 395 g/mol. The minimum atomic E-state index is 0.0983. The zero-order chi connectivity index (χ0) is 20.8. The first-order chi connectivity index (χ1) is 13.8. The normalized spacial score (nSPS) is 15.8. The van der Waals surface area contributed by atoms with Crippen molar-refractivity contribution in [3.8, 4) is 0 Å². The van der Waals surface area contributed by atoms with Crippen molar-refractivity contribution in [1.29, 1.82) is 0 Å². The molecule has 1 aromatic carbocycles. The van der Waals surface area contributed by atoms with Crippen molar-refractivity contribution in [3.63, 3.8) is 0 Å². The largest absolute Gasteiger partial charge is 0.352 e. The predicted octanol–water partition coefficient (Wildman–Crippen LogP) is 3.16. The molecule has 1 fully saturated rings. The molecule has 4 rings (SSSR count). The monoisotopic (exact) mass is 394 g/mol. The molecule has 2 aromatic heterocycles. The van der Waals surface area contributed by atoms with E-state index in [2.05, 4.69) is 79.7 Å². The maximum absolute atomic E-state index is 5.16. The summed E-state index contributed by atoms with van der Waals surface area (Å²) in [7, 11) is 4.24. The summed E-state index contributed by atoms with van der Waals surface area (Å²) in [6.45, 7) is 14.7. The minimum absolute atomic E-state index is 0.0983. The Morgan fingerprint density at radius 1 is 1.10 bits per heavy atom. The molecule has 3 aromatic rings. The third-order valence-electron chi connectivity index (χ3n) is 5.90. The second-order valence-corrected chi connectivity index (χ2v) is 9.47. The van der Waals surface area contributed by atoms with E-state index in [1.165, 1.54) is 16.5 Å². The molecule has 1 N–H and O–H groups in total. The number of aromatic nitrogens is 3. The van der Waals surface area contributed by atoms with E-state index in [-0.39, 0.29) is 5.41 Å². The van der Waals surface area contributed by atoms with Crippen LogP contribution in [0.2, 0.25) is 0 Å². The van der Waals surface area contributed by atoms with Crippen molar-refractivity contribution in [2.75, 3.05) is 51.7 Å². The summed E-state index contributed by atoms with van der Waals surface area (Å²) in [6.07, 6.45) is 0. The van der Waals surface area contributed by atoms with Crippen molar-refractivity contribution in [2.45, 2.75) is 39.7 Å². The molecule has 1 saturated heterocycles. The highest BCUT2D eigenvalue weighted by Crippen LogP contribution is 2.34. The molecule has 29 heavy (non-hydrogen) atoms. The molecule has 3 heterocycles. The summed E-state index contributed by atoms with van der Waals surface area (Å²) >= 11 is 0. The lowest BCUT2D eigenvalue weighted by Gasteiger charge is -2.29. The number of piperazine rings is 1. The van der Waals surface area contributed by atoms with Crippen molar-refractivity contribution >= 4 is 27.8 Å². The van der Waals surface area contributed by atoms with Gasteiger partial charge in [-0.05, 0) is 38.1 Å². The second-order valence-electron chi connectivity index (χ2n) is 9.47. The van der Waals surface area contributed by atoms with Crippen molar-refractivity contribution in [2.24, 2.45) is 0 Å². The SMILES string of the molecule is Cc1nc2c(N3CCNCC3)nc3cc(C(C)(C)C)ccc3c2n1CCN(C)C. The zero-order valence-corrected chi connectivity index (χ0v) is 18.7. The summed E-state index contributed by atoms with van der Waals surface area (Å²) < 4.78 is 2.38. The molecular formula is C23H34N6. The Labute approximate surface area is 173 Å². The molecule has 6 nitrogen and oxygen atoms in total. The lowest BCUT2D eigenvalue weighted by molar-refractivity contribution is 0.384. The molecule has 1 aliphatic heterocycles. The maximum atomic E-state index is 5.16. The van der Waals surface area contributed by atoms with Gasteiger partial charge in [-0.3, -0.25) is 0 Å². The second kappa shape index (κ2) is 7.58. The Hall–Kier alpha value is -2.18. The Morgan fingerprint density at radius 3 is 2.48 bits per heavy atom. The number of hydrogen-bond donors (Lipinski definition) is 1. The van der Waals surface area contributed by atoms with Crippen LogP contribution in [0, 0.1) is 6.92 Å². The topological polar surface area (TPSA) is 49.2 Å². The van der Waals surface area contributed by atoms with E-state index in [0.29, 0.717) is 0 Å². The van der Waals surface area contributed by atoms with Gasteiger partial charge in [-0.1, -0.05) is 32.9 Å². The number of benzene rings is 1. The molecule has 0 amide bonds. The van der Waals surface area contributed by atoms with Crippen LogP contribution < -0.4 is 10.2 Å². The van der Waals surface area contributed by atoms with Crippen LogP contribution in [0.3, 0.4) is 0 Å². The highest BCUT2D eigenvalue weighted by atomic mass is 15.2. The molecule has 0 atom stereocenters. The molecule has 0 spiro atoms. The van der Waals surface area contributed by atoms with Gasteiger partial charge in [0, 0.05) is 44.7 Å². The van der Waals surface area contributed by atoms with Crippen LogP contribution in [0.5, 0.6) is 0 Å². The van der Waals surface area contributed by atoms with Crippen LogP contribution in [0.4, 0.5) is 5.82 Å². The van der Waals surface area contributed by atoms with Gasteiger partial charge in [-0.2, -0.15) is 0 Å². The summed E-state index contributed by atoms with van der Waals surface area (Å²) in [5.74, 6) is 2.10. The van der Waals surface area contributed by atoms with Crippen LogP contribution >= 0.6 is 0 Å². The van der Waals surface area contributed by atoms with E-state index in [9.17, 15) is 0 Å². The van der Waals surface area contributed by atoms with Gasteiger partial charge >= 0.3 is 0 Å². The molecule has 1 aliphatic rings. The maximum Gasteiger partial charge on any atom is 0.157 e. The standard InChI is InChI=1S/C23H34N6/c1-16-25-20-21(29(16)14-13-27(5)6)18-8-7-17(23(2,3)4)15-19(18)26-22(20)28-11-9-24-10-12-28/h7-8,15,24H,9-14H2,1-6H3. The number of hydrogen-bond acceptors (Lipinski definition) is 5. The highest BCUT2D eigenvalue weighted by Gasteiger charge is 2.23. The van der Waals surface area contributed by atoms with Crippen molar-refractivity contribution in [3.05, 3.63) is 29.6 Å². The van der Waals surface area contributed by atoms with Gasteiger partial charge in [-0.15, -0.1) is 0 Å². The smallest absolute Gasteiger partial charge is 0.157 e. The molecule has 0 radical (unpaired) electrons. The lowest BCUT2D eigenvalue weighted by Crippen LogP contribution is -2.44. The van der Waals surface area contributed by atoms with Crippen LogP contribution in [0.25, 0.3) is 21.9 Å². The van der Waals surface area contributed by atoms with Gasteiger partial charge in [0.25, 0.3) is 0 Å². The van der Waals surface area contributed by atoms with E-state index in [1.54, 1.807) is 0 Å². The third kappa shape index (κ3) is 3.83. The molecule has 0 bridgehead atoms. The number of likely N-dealkylation sites (N-methyl/N-ethyl adjacent to an activating group) is 1. The fourth-order valence-corrected chi connectivity index (χ4v) is 4.12. The van der Waals surface area contributed by atoms with E-state index in [1.807, 2.05) is 0 Å². The first-order valence-electron chi connectivity index (χ1n) is 10.7. The minimum Gasteiger partial charge on any atom is -0.352 e. The molecule has 156 valence electrons. The number of pyridine rings is 1. The van der Waals surface area contributed by atoms with Gasteiger partial charge in [0.05, 0.1) is 11.0 Å². The summed E-state index contributed by atoms with van der Waals surface area (Å²) in [6, 6.07) is 6.78. The third-order valence-corrected chi connectivity index (χ3v) is 5.90. The van der Waals surface area contributed by atoms with Gasteiger partial charge in [0.15, 0.2) is 5.82 Å². The van der Waals surface area contributed by atoms with Gasteiger partial charge in [0.1, 0.15) is 11.3 Å². The van der Waals surface area contributed by atoms with Crippen LogP contribution in [0.1, 0.15) is 32.2 Å². The van der Waals surface area contributed by atoms with Crippen molar-refractivity contribution in [1.82, 2.24) is 24.8 Å². The quantitative estimate of drug-likeness (QED) is 0.737. The van der Waals surface area contributed by atoms with E-state index in [4.69, 9.17) is 9.97 Å². The number of anilines is 1. The Morgan fingerprint density at radius 2 is 1.83 bits per heavy atom. The van der Waals surface area contributed by atoms with Crippen LogP contribution in [-0.4, -0.2) is 66.3 Å². The molecule has 0 aliphatic carbocycles. The number of nitrogens with zero attached hydrogens (tertiary/aromatic N) is 5. The number of fused-ring (bicyclic) bond motifs is 3. The average Bonchev–Trinajstić information content (AvgIpc) is 3.01. The van der Waals surface area contributed by atoms with Gasteiger partial charge in [0.2, 0.25) is 0 Å². The van der Waals surface area contributed by atoms with Crippen LogP contribution in [0.15, 0.2) is 18.2 Å². The van der Waals surface area contributed by atoms with E-state index >= 15 is 0 Å². The van der Waals surface area contributed by atoms with Crippen LogP contribution in [-0.2, 0) is 12.0 Å². The fourth-order valence-electron chi connectivity index (χ4n) is 4.12. The summed E-state index contributed by atoms with van der Waals surface area (Å²) in [5, 5.41) is 4.65. The summed E-state index contributed by atoms with van der Waals surface area (Å²) in [4.78, 5) is 14.8. The molecule has 0 unspecified atom stereocenters. The fraction of sp³-hybridized carbons (Fsp3) is 0.565. The summed E-state index contributed by atoms with van der Waals surface area (Å²) in [5.41, 5.74) is 4.76. The number of imidazole rings is 1. The first-order valence-corrected chi connectivity index (χ1v) is 10.7.